The molecule has 0 saturated heterocycles. The first-order valence-electron chi connectivity index (χ1n) is 2.46. The molecular weight excluding hydrogens is 116 g/mol. The van der Waals surface area contributed by atoms with Crippen LogP contribution in [0.2, 0.25) is 0 Å². The van der Waals surface area contributed by atoms with Crippen LogP contribution in [-0.4, -0.2) is 0 Å². The summed E-state index contributed by atoms with van der Waals surface area (Å²) < 4.78 is 4.84. The van der Waals surface area contributed by atoms with Gasteiger partial charge in [0.15, 0.2) is 5.88 Å². The molecule has 3 nitrogen and oxygen atoms in total. The minimum Gasteiger partial charge on any atom is -0.465 e. The molecule has 0 aromatic heterocycles. The SMILES string of the molecule is [C-]#[N+]C1=C(C)NC(=C)O1. The first-order valence-corrected chi connectivity index (χ1v) is 2.46. The summed E-state index contributed by atoms with van der Waals surface area (Å²) in [5.74, 6) is 0.721. The average Bonchev–Trinajstić information content (AvgIpc) is 2.10. The van der Waals surface area contributed by atoms with Gasteiger partial charge < -0.3 is 10.1 Å². The summed E-state index contributed by atoms with van der Waals surface area (Å²) in [6.07, 6.45) is 0. The molecule has 0 saturated carbocycles. The van der Waals surface area contributed by atoms with Crippen LogP contribution < -0.4 is 5.32 Å². The average molecular weight is 122 g/mol. The second-order valence-electron chi connectivity index (χ2n) is 1.69. The minimum absolute atomic E-state index is 0.292. The van der Waals surface area contributed by atoms with Crippen molar-refractivity contribution >= 4 is 0 Å². The van der Waals surface area contributed by atoms with Crippen LogP contribution in [0.15, 0.2) is 24.0 Å². The zero-order valence-electron chi connectivity index (χ0n) is 5.06. The maximum absolute atomic E-state index is 6.58. The summed E-state index contributed by atoms with van der Waals surface area (Å²) in [5.41, 5.74) is 0.731. The van der Waals surface area contributed by atoms with E-state index in [1.807, 2.05) is 0 Å². The first kappa shape index (κ1) is 5.70. The Hall–Kier alpha value is -1.43. The Kier molecular flexibility index (Phi) is 1.16. The molecule has 46 valence electrons. The highest BCUT2D eigenvalue weighted by molar-refractivity contribution is 5.20. The molecule has 0 unspecified atom stereocenters. The van der Waals surface area contributed by atoms with Gasteiger partial charge in [0.2, 0.25) is 0 Å². The van der Waals surface area contributed by atoms with E-state index in [4.69, 9.17) is 11.3 Å². The lowest BCUT2D eigenvalue weighted by atomic mass is 10.5. The van der Waals surface area contributed by atoms with Gasteiger partial charge in [-0.2, -0.15) is 4.85 Å². The van der Waals surface area contributed by atoms with Crippen molar-refractivity contribution in [1.29, 1.82) is 0 Å². The van der Waals surface area contributed by atoms with Gasteiger partial charge in [-0.15, -0.1) is 0 Å². The van der Waals surface area contributed by atoms with E-state index in [1.165, 1.54) is 0 Å². The van der Waals surface area contributed by atoms with E-state index in [0.717, 1.165) is 5.70 Å². The zero-order chi connectivity index (χ0) is 6.85. The number of rotatable bonds is 0. The van der Waals surface area contributed by atoms with E-state index >= 15 is 0 Å². The number of hydrogen-bond donors (Lipinski definition) is 1. The van der Waals surface area contributed by atoms with E-state index in [9.17, 15) is 0 Å². The van der Waals surface area contributed by atoms with Gasteiger partial charge in [-0.05, 0) is 13.5 Å². The van der Waals surface area contributed by atoms with Crippen LogP contribution in [0.4, 0.5) is 0 Å². The van der Waals surface area contributed by atoms with Gasteiger partial charge in [0.05, 0.1) is 12.3 Å². The molecule has 1 aliphatic rings. The fourth-order valence-corrected chi connectivity index (χ4v) is 0.588. The van der Waals surface area contributed by atoms with E-state index in [0.29, 0.717) is 11.8 Å². The summed E-state index contributed by atoms with van der Waals surface area (Å²) in [7, 11) is 0. The van der Waals surface area contributed by atoms with E-state index in [-0.39, 0.29) is 0 Å². The second-order valence-corrected chi connectivity index (χ2v) is 1.69. The Labute approximate surface area is 53.4 Å². The quantitative estimate of drug-likeness (QED) is 0.488. The molecule has 0 radical (unpaired) electrons. The first-order chi connectivity index (χ1) is 4.24. The molecule has 3 heteroatoms. The van der Waals surface area contributed by atoms with Crippen molar-refractivity contribution in [2.75, 3.05) is 0 Å². The number of nitrogens with one attached hydrogen (secondary N) is 1. The van der Waals surface area contributed by atoms with Crippen molar-refractivity contribution in [2.24, 2.45) is 0 Å². The molecule has 0 amide bonds. The van der Waals surface area contributed by atoms with E-state index in [2.05, 4.69) is 16.7 Å². The molecule has 1 heterocycles. The molecule has 0 bridgehead atoms. The molecule has 1 rings (SSSR count). The molecule has 1 aliphatic heterocycles. The summed E-state index contributed by atoms with van der Waals surface area (Å²) in [5, 5.41) is 2.77. The van der Waals surface area contributed by atoms with Crippen LogP contribution >= 0.6 is 0 Å². The third kappa shape index (κ3) is 0.868. The fourth-order valence-electron chi connectivity index (χ4n) is 0.588. The van der Waals surface area contributed by atoms with Crippen LogP contribution in [0.1, 0.15) is 6.92 Å². The van der Waals surface area contributed by atoms with Gasteiger partial charge in [-0.3, -0.25) is 0 Å². The van der Waals surface area contributed by atoms with Crippen LogP contribution in [0.25, 0.3) is 4.85 Å². The van der Waals surface area contributed by atoms with Gasteiger partial charge in [0.25, 0.3) is 0 Å². The van der Waals surface area contributed by atoms with Crippen LogP contribution in [0.3, 0.4) is 0 Å². The van der Waals surface area contributed by atoms with Crippen molar-refractivity contribution in [3.63, 3.8) is 0 Å². The lowest BCUT2D eigenvalue weighted by Gasteiger charge is -1.93. The lowest BCUT2D eigenvalue weighted by molar-refractivity contribution is 0.330. The summed E-state index contributed by atoms with van der Waals surface area (Å²) in [6.45, 7) is 11.8. The Morgan fingerprint density at radius 3 is 2.67 bits per heavy atom. The number of allylic oxidation sites excluding steroid dienone is 1. The van der Waals surface area contributed by atoms with Gasteiger partial charge in [0, 0.05) is 0 Å². The molecule has 0 atom stereocenters. The molecular formula is C6H6N2O. The van der Waals surface area contributed by atoms with Crippen molar-refractivity contribution in [2.45, 2.75) is 6.92 Å². The molecule has 0 fully saturated rings. The largest absolute Gasteiger partial charge is 0.465 e. The predicted molar refractivity (Wildman–Crippen MR) is 32.7 cm³/mol. The van der Waals surface area contributed by atoms with E-state index < -0.39 is 0 Å². The van der Waals surface area contributed by atoms with Crippen molar-refractivity contribution in [3.05, 3.63) is 35.5 Å². The maximum Gasteiger partial charge on any atom is 0.365 e. The van der Waals surface area contributed by atoms with Gasteiger partial charge >= 0.3 is 5.88 Å². The maximum atomic E-state index is 6.58. The highest BCUT2D eigenvalue weighted by atomic mass is 16.5. The Bertz CT molecular complexity index is 222. The summed E-state index contributed by atoms with van der Waals surface area (Å²) in [6, 6.07) is 0. The molecule has 0 aromatic carbocycles. The van der Waals surface area contributed by atoms with Gasteiger partial charge in [-0.25, -0.2) is 0 Å². The predicted octanol–water partition coefficient (Wildman–Crippen LogP) is 1.19. The topological polar surface area (TPSA) is 25.6 Å². The highest BCUT2D eigenvalue weighted by Crippen LogP contribution is 2.16. The third-order valence-corrected chi connectivity index (χ3v) is 0.969. The monoisotopic (exact) mass is 122 g/mol. The zero-order valence-corrected chi connectivity index (χ0v) is 5.06. The molecule has 0 aliphatic carbocycles. The molecule has 0 aromatic rings. The summed E-state index contributed by atoms with van der Waals surface area (Å²) >= 11 is 0. The third-order valence-electron chi connectivity index (χ3n) is 0.969. The lowest BCUT2D eigenvalue weighted by Crippen LogP contribution is -2.01. The van der Waals surface area contributed by atoms with E-state index in [1.54, 1.807) is 6.92 Å². The highest BCUT2D eigenvalue weighted by Gasteiger charge is 2.13. The molecule has 0 spiro atoms. The smallest absolute Gasteiger partial charge is 0.365 e. The number of hydrogen-bond acceptors (Lipinski definition) is 2. The second kappa shape index (κ2) is 1.82. The van der Waals surface area contributed by atoms with Crippen LogP contribution in [0.5, 0.6) is 0 Å². The minimum atomic E-state index is 0.292. The standard InChI is InChI=1S/C6H6N2O/c1-4-6(7-3)9-5(2)8-4/h8H,2H2,1H3. The Morgan fingerprint density at radius 2 is 2.44 bits per heavy atom. The van der Waals surface area contributed by atoms with Crippen molar-refractivity contribution in [1.82, 2.24) is 5.32 Å². The van der Waals surface area contributed by atoms with Crippen LogP contribution in [-0.2, 0) is 4.74 Å². The normalized spacial score (nSPS) is 16.7. The van der Waals surface area contributed by atoms with Crippen molar-refractivity contribution < 1.29 is 4.74 Å². The Morgan fingerprint density at radius 1 is 1.78 bits per heavy atom. The molecule has 9 heavy (non-hydrogen) atoms. The number of ether oxygens (including phenoxy) is 1. The van der Waals surface area contributed by atoms with Crippen molar-refractivity contribution in [3.8, 4) is 0 Å². The van der Waals surface area contributed by atoms with Gasteiger partial charge in [-0.1, -0.05) is 0 Å². The summed E-state index contributed by atoms with van der Waals surface area (Å²) in [4.78, 5) is 3.10. The van der Waals surface area contributed by atoms with Crippen LogP contribution in [0, 0.1) is 6.57 Å². The van der Waals surface area contributed by atoms with Gasteiger partial charge in [0.1, 0.15) is 0 Å². The fraction of sp³-hybridized carbons (Fsp3) is 0.167. The number of nitrogens with zero attached hydrogens (tertiary/aromatic N) is 1. The Balaban J connectivity index is 2.84. The molecule has 1 N–H and O–H groups in total.